The molecule has 8 heteroatoms. The Morgan fingerprint density at radius 2 is 1.85 bits per heavy atom. The molecule has 1 unspecified atom stereocenters. The molecule has 1 saturated heterocycles. The van der Waals surface area contributed by atoms with Gasteiger partial charge in [0.1, 0.15) is 0 Å². The van der Waals surface area contributed by atoms with E-state index in [9.17, 15) is 0 Å². The van der Waals surface area contributed by atoms with Crippen LogP contribution < -0.4 is 10.2 Å². The van der Waals surface area contributed by atoms with E-state index in [1.165, 1.54) is 0 Å². The number of benzene rings is 1. The summed E-state index contributed by atoms with van der Waals surface area (Å²) in [6.45, 7) is 2.90. The smallest absolute Gasteiger partial charge is 0.226 e. The van der Waals surface area contributed by atoms with Crippen molar-refractivity contribution in [2.24, 2.45) is 4.99 Å². The number of aliphatic imine (C=N–C) groups is 1. The molecule has 26 heavy (non-hydrogen) atoms. The fourth-order valence-electron chi connectivity index (χ4n) is 3.05. The lowest BCUT2D eigenvalue weighted by Gasteiger charge is -2.39. The standard InChI is InChI=1S/C18H21N4O2PS/c1-21(2)15-3-4-17-16(13-15)20-18(14-5-7-19-8-6-14)24-25(17,26)22-9-11-23-12-10-22/h3-8,13H,9-12H2,1-2H3. The van der Waals surface area contributed by atoms with Crippen molar-refractivity contribution in [3.8, 4) is 0 Å². The second-order valence-electron chi connectivity index (χ2n) is 6.40. The quantitative estimate of drug-likeness (QED) is 0.754. The molecule has 136 valence electrons. The minimum atomic E-state index is -2.43. The molecule has 1 aromatic heterocycles. The first-order valence-electron chi connectivity index (χ1n) is 8.52. The van der Waals surface area contributed by atoms with Crippen LogP contribution in [0.1, 0.15) is 5.56 Å². The molecule has 0 saturated carbocycles. The molecule has 0 radical (unpaired) electrons. The van der Waals surface area contributed by atoms with Crippen LogP contribution in [0.5, 0.6) is 0 Å². The third kappa shape index (κ3) is 3.16. The van der Waals surface area contributed by atoms with Gasteiger partial charge < -0.3 is 14.2 Å². The zero-order valence-electron chi connectivity index (χ0n) is 14.8. The Morgan fingerprint density at radius 1 is 1.12 bits per heavy atom. The lowest BCUT2D eigenvalue weighted by atomic mass is 10.2. The molecule has 2 aliphatic rings. The van der Waals surface area contributed by atoms with Crippen LogP contribution in [0, 0.1) is 0 Å². The van der Waals surface area contributed by atoms with Crippen LogP contribution in [-0.4, -0.2) is 56.0 Å². The Hall–Kier alpha value is -1.79. The van der Waals surface area contributed by atoms with Gasteiger partial charge in [0, 0.05) is 50.8 Å². The molecule has 2 aliphatic heterocycles. The first kappa shape index (κ1) is 17.6. The molecule has 4 rings (SSSR count). The van der Waals surface area contributed by atoms with Crippen molar-refractivity contribution in [2.75, 3.05) is 45.3 Å². The van der Waals surface area contributed by atoms with Gasteiger partial charge in [-0.15, -0.1) is 0 Å². The lowest BCUT2D eigenvalue weighted by molar-refractivity contribution is 0.0723. The maximum Gasteiger partial charge on any atom is 0.226 e. The monoisotopic (exact) mass is 388 g/mol. The van der Waals surface area contributed by atoms with Crippen LogP contribution in [0.4, 0.5) is 11.4 Å². The summed E-state index contributed by atoms with van der Waals surface area (Å²) in [6.07, 6.45) is 1.05. The van der Waals surface area contributed by atoms with Crippen LogP contribution in [-0.2, 0) is 21.1 Å². The van der Waals surface area contributed by atoms with Gasteiger partial charge in [0.2, 0.25) is 12.3 Å². The van der Waals surface area contributed by atoms with Crippen molar-refractivity contribution >= 4 is 40.8 Å². The topological polar surface area (TPSA) is 50.2 Å². The Balaban J connectivity index is 1.85. The number of morpholine rings is 1. The maximum atomic E-state index is 6.43. The molecular formula is C18H21N4O2PS. The van der Waals surface area contributed by atoms with Crippen molar-refractivity contribution in [2.45, 2.75) is 0 Å². The highest BCUT2D eigenvalue weighted by Crippen LogP contribution is 2.55. The van der Waals surface area contributed by atoms with Gasteiger partial charge in [-0.2, -0.15) is 0 Å². The molecule has 3 heterocycles. The van der Waals surface area contributed by atoms with Crippen molar-refractivity contribution in [3.63, 3.8) is 0 Å². The molecule has 0 spiro atoms. The highest BCUT2D eigenvalue weighted by atomic mass is 32.4. The second kappa shape index (κ2) is 7.08. The van der Waals surface area contributed by atoms with Crippen molar-refractivity contribution in [3.05, 3.63) is 48.3 Å². The molecular weight excluding hydrogens is 367 g/mol. The van der Waals surface area contributed by atoms with Crippen molar-refractivity contribution < 1.29 is 9.26 Å². The van der Waals surface area contributed by atoms with Gasteiger partial charge in [0.05, 0.1) is 24.2 Å². The minimum Gasteiger partial charge on any atom is -0.431 e. The number of ether oxygens (including phenoxy) is 1. The van der Waals surface area contributed by atoms with Gasteiger partial charge in [-0.05, 0) is 42.1 Å². The maximum absolute atomic E-state index is 6.43. The van der Waals surface area contributed by atoms with Crippen LogP contribution in [0.3, 0.4) is 0 Å². The Morgan fingerprint density at radius 3 is 2.54 bits per heavy atom. The summed E-state index contributed by atoms with van der Waals surface area (Å²) in [4.78, 5) is 10.9. The van der Waals surface area contributed by atoms with E-state index in [-0.39, 0.29) is 0 Å². The number of hydrogen-bond donors (Lipinski definition) is 0. The highest BCUT2D eigenvalue weighted by Gasteiger charge is 2.38. The Labute approximate surface area is 158 Å². The van der Waals surface area contributed by atoms with Gasteiger partial charge >= 0.3 is 0 Å². The van der Waals surface area contributed by atoms with Crippen molar-refractivity contribution in [1.29, 1.82) is 0 Å². The van der Waals surface area contributed by atoms with Crippen LogP contribution in [0.15, 0.2) is 47.7 Å². The van der Waals surface area contributed by atoms with Crippen LogP contribution >= 0.6 is 6.42 Å². The number of pyridine rings is 1. The van der Waals surface area contributed by atoms with E-state index in [4.69, 9.17) is 26.1 Å². The zero-order valence-corrected chi connectivity index (χ0v) is 16.5. The zero-order chi connectivity index (χ0) is 18.1. The van der Waals surface area contributed by atoms with Crippen molar-refractivity contribution in [1.82, 2.24) is 9.65 Å². The molecule has 0 aliphatic carbocycles. The number of nitrogens with zero attached hydrogens (tertiary/aromatic N) is 4. The Bertz CT molecular complexity index is 882. The molecule has 0 N–H and O–H groups in total. The summed E-state index contributed by atoms with van der Waals surface area (Å²) in [5, 5.41) is 1.01. The first-order chi connectivity index (χ1) is 12.6. The molecule has 6 nitrogen and oxygen atoms in total. The van der Waals surface area contributed by atoms with E-state index < -0.39 is 6.42 Å². The predicted molar refractivity (Wildman–Crippen MR) is 109 cm³/mol. The number of rotatable bonds is 3. The van der Waals surface area contributed by atoms with E-state index >= 15 is 0 Å². The fourth-order valence-corrected chi connectivity index (χ4v) is 6.47. The first-order valence-corrected chi connectivity index (χ1v) is 11.2. The van der Waals surface area contributed by atoms with Gasteiger partial charge in [0.25, 0.3) is 0 Å². The third-order valence-corrected chi connectivity index (χ3v) is 8.56. The summed E-state index contributed by atoms with van der Waals surface area (Å²) in [7, 11) is 4.04. The van der Waals surface area contributed by atoms with E-state index in [1.54, 1.807) is 12.4 Å². The van der Waals surface area contributed by atoms with E-state index in [0.717, 1.165) is 35.3 Å². The average molecular weight is 388 g/mol. The van der Waals surface area contributed by atoms with Gasteiger partial charge in [-0.25, -0.2) is 9.66 Å². The second-order valence-corrected chi connectivity index (χ2v) is 10.2. The number of anilines is 1. The summed E-state index contributed by atoms with van der Waals surface area (Å²) in [5.41, 5.74) is 2.87. The summed E-state index contributed by atoms with van der Waals surface area (Å²) >= 11 is 6.16. The largest absolute Gasteiger partial charge is 0.431 e. The Kier molecular flexibility index (Phi) is 4.80. The summed E-state index contributed by atoms with van der Waals surface area (Å²) in [5.74, 6) is 0.575. The van der Waals surface area contributed by atoms with E-state index in [0.29, 0.717) is 19.1 Å². The summed E-state index contributed by atoms with van der Waals surface area (Å²) in [6, 6.07) is 10.0. The lowest BCUT2D eigenvalue weighted by Crippen LogP contribution is -2.39. The molecule has 0 amide bonds. The minimum absolute atomic E-state index is 0.575. The van der Waals surface area contributed by atoms with Gasteiger partial charge in [-0.3, -0.25) is 4.98 Å². The van der Waals surface area contributed by atoms with Gasteiger partial charge in [0.15, 0.2) is 0 Å². The third-order valence-electron chi connectivity index (χ3n) is 4.50. The molecule has 1 aromatic carbocycles. The molecule has 1 fully saturated rings. The van der Waals surface area contributed by atoms with Crippen LogP contribution in [0.2, 0.25) is 0 Å². The highest BCUT2D eigenvalue weighted by molar-refractivity contribution is 8.15. The van der Waals surface area contributed by atoms with E-state index in [2.05, 4.69) is 32.8 Å². The predicted octanol–water partition coefficient (Wildman–Crippen LogP) is 2.52. The molecule has 0 bridgehead atoms. The van der Waals surface area contributed by atoms with Crippen LogP contribution in [0.25, 0.3) is 0 Å². The SMILES string of the molecule is CN(C)c1ccc2c(c1)N=C(c1ccncc1)OP2(=S)N1CCOCC1. The molecule has 1 atom stereocenters. The number of hydrogen-bond acceptors (Lipinski definition) is 6. The number of aromatic nitrogens is 1. The normalized spacial score (nSPS) is 22.9. The average Bonchev–Trinajstić information content (AvgIpc) is 2.69. The summed E-state index contributed by atoms with van der Waals surface area (Å²) < 4.78 is 14.2. The molecule has 2 aromatic rings. The van der Waals surface area contributed by atoms with Gasteiger partial charge in [-0.1, -0.05) is 0 Å². The van der Waals surface area contributed by atoms with E-state index in [1.807, 2.05) is 26.2 Å². The number of fused-ring (bicyclic) bond motifs is 1. The fraction of sp³-hybridized carbons (Fsp3) is 0.333.